The first-order valence-electron chi connectivity index (χ1n) is 5.78. The van der Waals surface area contributed by atoms with Crippen molar-refractivity contribution in [3.63, 3.8) is 0 Å². The van der Waals surface area contributed by atoms with Crippen molar-refractivity contribution in [2.24, 2.45) is 0 Å². The van der Waals surface area contributed by atoms with Gasteiger partial charge in [-0.15, -0.1) is 0 Å². The molecule has 0 saturated heterocycles. The van der Waals surface area contributed by atoms with Crippen LogP contribution in [0.1, 0.15) is 19.7 Å². The second kappa shape index (κ2) is 4.80. The van der Waals surface area contributed by atoms with E-state index >= 15 is 0 Å². The Kier molecular flexibility index (Phi) is 3.38. The van der Waals surface area contributed by atoms with Crippen molar-refractivity contribution in [2.75, 3.05) is 5.73 Å². The molecule has 17 heavy (non-hydrogen) atoms. The highest BCUT2D eigenvalue weighted by Gasteiger charge is 2.13. The van der Waals surface area contributed by atoms with Crippen molar-refractivity contribution in [1.29, 1.82) is 0 Å². The number of hydrogen-bond donors (Lipinski definition) is 1. The summed E-state index contributed by atoms with van der Waals surface area (Å²) in [5.74, 6) is 1.75. The van der Waals surface area contributed by atoms with Crippen LogP contribution in [-0.2, 0) is 13.0 Å². The molecule has 0 unspecified atom stereocenters. The van der Waals surface area contributed by atoms with E-state index in [0.29, 0.717) is 0 Å². The second-order valence-corrected chi connectivity index (χ2v) is 4.30. The van der Waals surface area contributed by atoms with Gasteiger partial charge in [0.15, 0.2) is 0 Å². The molecule has 0 bridgehead atoms. The molecule has 2 N–H and O–H groups in total. The van der Waals surface area contributed by atoms with Gasteiger partial charge in [0.1, 0.15) is 17.3 Å². The van der Waals surface area contributed by atoms with Gasteiger partial charge in [0.2, 0.25) is 0 Å². The summed E-state index contributed by atoms with van der Waals surface area (Å²) in [5.41, 5.74) is 7.98. The number of nitrogen functional groups attached to an aromatic ring is 1. The summed E-state index contributed by atoms with van der Waals surface area (Å²) >= 11 is 5.87. The van der Waals surface area contributed by atoms with E-state index in [2.05, 4.69) is 18.8 Å². The first-order valence-corrected chi connectivity index (χ1v) is 6.16. The quantitative estimate of drug-likeness (QED) is 0.906. The van der Waals surface area contributed by atoms with E-state index in [9.17, 15) is 0 Å². The van der Waals surface area contributed by atoms with Crippen LogP contribution in [0.5, 0.6) is 0 Å². The molecule has 0 amide bonds. The Morgan fingerprint density at radius 1 is 1.24 bits per heavy atom. The number of nitrogens with zero attached hydrogens (tertiary/aromatic N) is 2. The molecule has 1 heterocycles. The summed E-state index contributed by atoms with van der Waals surface area (Å²) in [6.07, 6.45) is 0.881. The molecular formula is C13H16ClN3. The minimum absolute atomic E-state index is 0.720. The largest absolute Gasteiger partial charge is 0.383 e. The highest BCUT2D eigenvalue weighted by atomic mass is 35.5. The van der Waals surface area contributed by atoms with Crippen molar-refractivity contribution in [3.05, 3.63) is 35.1 Å². The third kappa shape index (κ3) is 2.15. The number of anilines is 1. The van der Waals surface area contributed by atoms with E-state index in [1.165, 1.54) is 0 Å². The topological polar surface area (TPSA) is 43.8 Å². The Balaban J connectivity index is 2.52. The van der Waals surface area contributed by atoms with E-state index in [-0.39, 0.29) is 0 Å². The van der Waals surface area contributed by atoms with Crippen molar-refractivity contribution in [1.82, 2.24) is 9.55 Å². The molecule has 1 aromatic carbocycles. The third-order valence-electron chi connectivity index (χ3n) is 2.84. The normalized spacial score (nSPS) is 10.8. The maximum Gasteiger partial charge on any atom is 0.131 e. The number of hydrogen-bond acceptors (Lipinski definition) is 2. The standard InChI is InChI=1S/C13H16ClN3/c1-3-11-16-12(13(15)17(11)4-2)9-5-7-10(14)8-6-9/h5-8H,3-4,15H2,1-2H3. The minimum atomic E-state index is 0.720. The van der Waals surface area contributed by atoms with Gasteiger partial charge in [-0.2, -0.15) is 0 Å². The van der Waals surface area contributed by atoms with E-state index in [1.54, 1.807) is 0 Å². The predicted octanol–water partition coefficient (Wildman–Crippen LogP) is 3.37. The first-order chi connectivity index (χ1) is 8.17. The summed E-state index contributed by atoms with van der Waals surface area (Å²) in [6, 6.07) is 7.60. The Bertz CT molecular complexity index is 514. The fourth-order valence-electron chi connectivity index (χ4n) is 1.96. The second-order valence-electron chi connectivity index (χ2n) is 3.87. The molecule has 4 heteroatoms. The monoisotopic (exact) mass is 249 g/mol. The van der Waals surface area contributed by atoms with Gasteiger partial charge in [0, 0.05) is 23.6 Å². The van der Waals surface area contributed by atoms with Gasteiger partial charge < -0.3 is 10.3 Å². The van der Waals surface area contributed by atoms with E-state index in [0.717, 1.165) is 40.9 Å². The highest BCUT2D eigenvalue weighted by Crippen LogP contribution is 2.27. The Morgan fingerprint density at radius 3 is 2.35 bits per heavy atom. The number of aryl methyl sites for hydroxylation is 1. The maximum atomic E-state index is 6.13. The van der Waals surface area contributed by atoms with E-state index < -0.39 is 0 Å². The summed E-state index contributed by atoms with van der Waals surface area (Å²) < 4.78 is 2.05. The first kappa shape index (κ1) is 12.0. The minimum Gasteiger partial charge on any atom is -0.383 e. The lowest BCUT2D eigenvalue weighted by Crippen LogP contribution is -2.04. The molecule has 0 radical (unpaired) electrons. The molecule has 0 fully saturated rings. The van der Waals surface area contributed by atoms with E-state index in [4.69, 9.17) is 17.3 Å². The smallest absolute Gasteiger partial charge is 0.131 e. The van der Waals surface area contributed by atoms with Crippen molar-refractivity contribution >= 4 is 17.4 Å². The molecule has 0 aliphatic rings. The van der Waals surface area contributed by atoms with Crippen LogP contribution in [-0.4, -0.2) is 9.55 Å². The highest BCUT2D eigenvalue weighted by molar-refractivity contribution is 6.30. The van der Waals surface area contributed by atoms with Crippen molar-refractivity contribution < 1.29 is 0 Å². The van der Waals surface area contributed by atoms with Gasteiger partial charge in [0.05, 0.1) is 0 Å². The number of halogens is 1. The molecule has 2 aromatic rings. The molecule has 0 atom stereocenters. The zero-order valence-electron chi connectivity index (χ0n) is 10.1. The van der Waals surface area contributed by atoms with Gasteiger partial charge >= 0.3 is 0 Å². The van der Waals surface area contributed by atoms with Crippen LogP contribution < -0.4 is 5.73 Å². The molecule has 2 rings (SSSR count). The van der Waals surface area contributed by atoms with Gasteiger partial charge in [-0.1, -0.05) is 30.7 Å². The third-order valence-corrected chi connectivity index (χ3v) is 3.09. The van der Waals surface area contributed by atoms with Crippen molar-refractivity contribution in [3.8, 4) is 11.3 Å². The number of benzene rings is 1. The summed E-state index contributed by atoms with van der Waals surface area (Å²) in [5, 5.41) is 0.720. The fourth-order valence-corrected chi connectivity index (χ4v) is 2.08. The SMILES string of the molecule is CCc1nc(-c2ccc(Cl)cc2)c(N)n1CC. The van der Waals surface area contributed by atoms with E-state index in [1.807, 2.05) is 28.8 Å². The molecule has 0 saturated carbocycles. The van der Waals surface area contributed by atoms with Crippen LogP contribution in [0.15, 0.2) is 24.3 Å². The maximum absolute atomic E-state index is 6.13. The molecule has 1 aromatic heterocycles. The molecule has 0 spiro atoms. The molecule has 90 valence electrons. The molecule has 3 nitrogen and oxygen atoms in total. The van der Waals surface area contributed by atoms with Gasteiger partial charge in [-0.25, -0.2) is 4.98 Å². The van der Waals surface area contributed by atoms with Gasteiger partial charge in [0.25, 0.3) is 0 Å². The predicted molar refractivity (Wildman–Crippen MR) is 72.1 cm³/mol. The molecule has 0 aliphatic heterocycles. The summed E-state index contributed by atoms with van der Waals surface area (Å²) in [7, 11) is 0. The lowest BCUT2D eigenvalue weighted by molar-refractivity contribution is 0.713. The average molecular weight is 250 g/mol. The fraction of sp³-hybridized carbons (Fsp3) is 0.308. The van der Waals surface area contributed by atoms with Crippen LogP contribution in [0, 0.1) is 0 Å². The average Bonchev–Trinajstić information content (AvgIpc) is 2.66. The van der Waals surface area contributed by atoms with Crippen LogP contribution in [0.25, 0.3) is 11.3 Å². The Labute approximate surface area is 106 Å². The van der Waals surface area contributed by atoms with Gasteiger partial charge in [-0.3, -0.25) is 0 Å². The summed E-state index contributed by atoms with van der Waals surface area (Å²) in [6.45, 7) is 5.00. The zero-order chi connectivity index (χ0) is 12.4. The number of nitrogens with two attached hydrogens (primary N) is 1. The van der Waals surface area contributed by atoms with Crippen LogP contribution in [0.2, 0.25) is 5.02 Å². The molecular weight excluding hydrogens is 234 g/mol. The number of imidazole rings is 1. The van der Waals surface area contributed by atoms with Crippen molar-refractivity contribution in [2.45, 2.75) is 26.8 Å². The zero-order valence-corrected chi connectivity index (χ0v) is 10.8. The van der Waals surface area contributed by atoms with Crippen LogP contribution in [0.4, 0.5) is 5.82 Å². The number of aromatic nitrogens is 2. The number of rotatable bonds is 3. The Hall–Kier alpha value is -1.48. The summed E-state index contributed by atoms with van der Waals surface area (Å²) in [4.78, 5) is 4.59. The Morgan fingerprint density at radius 2 is 1.88 bits per heavy atom. The lowest BCUT2D eigenvalue weighted by atomic mass is 10.1. The van der Waals surface area contributed by atoms with Gasteiger partial charge in [-0.05, 0) is 19.1 Å². The van der Waals surface area contributed by atoms with Crippen LogP contribution in [0.3, 0.4) is 0 Å². The van der Waals surface area contributed by atoms with Crippen LogP contribution >= 0.6 is 11.6 Å². The lowest BCUT2D eigenvalue weighted by Gasteiger charge is -2.04. The molecule has 0 aliphatic carbocycles.